The van der Waals surface area contributed by atoms with Crippen LogP contribution >= 0.6 is 0 Å². The Morgan fingerprint density at radius 3 is 2.75 bits per heavy atom. The van der Waals surface area contributed by atoms with Gasteiger partial charge in [0.25, 0.3) is 0 Å². The largest absolute Gasteiger partial charge is 0.478 e. The lowest BCUT2D eigenvalue weighted by atomic mass is 9.91. The van der Waals surface area contributed by atoms with Gasteiger partial charge in [-0.05, 0) is 42.5 Å². The van der Waals surface area contributed by atoms with Crippen molar-refractivity contribution in [2.75, 3.05) is 0 Å². The molecule has 0 spiro atoms. The van der Waals surface area contributed by atoms with E-state index in [1.54, 1.807) is 12.1 Å². The van der Waals surface area contributed by atoms with Gasteiger partial charge in [0.05, 0.1) is 5.56 Å². The van der Waals surface area contributed by atoms with Crippen LogP contribution < -0.4 is 5.73 Å². The van der Waals surface area contributed by atoms with Gasteiger partial charge in [-0.25, -0.2) is 4.79 Å². The van der Waals surface area contributed by atoms with Crippen LogP contribution in [0.5, 0.6) is 0 Å². The third kappa shape index (κ3) is 2.31. The molecule has 0 aliphatic heterocycles. The van der Waals surface area contributed by atoms with Gasteiger partial charge < -0.3 is 15.4 Å². The van der Waals surface area contributed by atoms with Crippen LogP contribution in [0.2, 0.25) is 0 Å². The van der Waals surface area contributed by atoms with Crippen LogP contribution in [0.25, 0.3) is 10.9 Å². The number of nitrogens with zero attached hydrogens (tertiary/aromatic N) is 1. The van der Waals surface area contributed by atoms with E-state index in [1.807, 2.05) is 24.3 Å². The maximum Gasteiger partial charge on any atom is 0.336 e. The number of aromatic nitrogens is 1. The quantitative estimate of drug-likeness (QED) is 0.773. The van der Waals surface area contributed by atoms with Crippen LogP contribution in [0.4, 0.5) is 0 Å². The number of hydrogen-bond donors (Lipinski definition) is 2. The summed E-state index contributed by atoms with van der Waals surface area (Å²) in [4.78, 5) is 11.5. The maximum atomic E-state index is 11.5. The fourth-order valence-corrected chi connectivity index (χ4v) is 3.92. The van der Waals surface area contributed by atoms with E-state index in [0.717, 1.165) is 30.3 Å². The van der Waals surface area contributed by atoms with Crippen LogP contribution in [0.1, 0.15) is 46.1 Å². The highest BCUT2D eigenvalue weighted by Gasteiger charge is 2.25. The van der Waals surface area contributed by atoms with Crippen molar-refractivity contribution in [1.29, 1.82) is 0 Å². The van der Waals surface area contributed by atoms with Crippen molar-refractivity contribution in [2.24, 2.45) is 5.73 Å². The molecule has 0 amide bonds. The number of rotatable bonds is 3. The van der Waals surface area contributed by atoms with Gasteiger partial charge in [-0.1, -0.05) is 36.4 Å². The molecule has 1 atom stereocenters. The lowest BCUT2D eigenvalue weighted by Gasteiger charge is -2.21. The van der Waals surface area contributed by atoms with E-state index < -0.39 is 5.97 Å². The molecule has 0 saturated carbocycles. The summed E-state index contributed by atoms with van der Waals surface area (Å²) in [6.45, 7) is 0.561. The summed E-state index contributed by atoms with van der Waals surface area (Å²) in [5.41, 5.74) is 11.2. The first-order valence-corrected chi connectivity index (χ1v) is 8.33. The summed E-state index contributed by atoms with van der Waals surface area (Å²) in [6.07, 6.45) is 3.07. The van der Waals surface area contributed by atoms with Crippen molar-refractivity contribution in [3.8, 4) is 0 Å². The molecule has 24 heavy (non-hydrogen) atoms. The fourth-order valence-electron chi connectivity index (χ4n) is 3.92. The summed E-state index contributed by atoms with van der Waals surface area (Å²) in [5.74, 6) is -0.882. The van der Waals surface area contributed by atoms with E-state index in [0.29, 0.717) is 12.1 Å². The molecule has 4 nitrogen and oxygen atoms in total. The van der Waals surface area contributed by atoms with Crippen LogP contribution in [0, 0.1) is 0 Å². The zero-order chi connectivity index (χ0) is 16.7. The van der Waals surface area contributed by atoms with Crippen molar-refractivity contribution in [2.45, 2.75) is 31.8 Å². The smallest absolute Gasteiger partial charge is 0.336 e. The average molecular weight is 320 g/mol. The molecule has 0 fully saturated rings. The summed E-state index contributed by atoms with van der Waals surface area (Å²) in [5, 5.41) is 10.7. The van der Waals surface area contributed by atoms with E-state index in [2.05, 4.69) is 16.7 Å². The second-order valence-corrected chi connectivity index (χ2v) is 6.42. The van der Waals surface area contributed by atoms with Crippen LogP contribution in [0.15, 0.2) is 48.5 Å². The molecule has 2 aromatic carbocycles. The molecule has 3 N–H and O–H groups in total. The first-order valence-electron chi connectivity index (χ1n) is 8.33. The normalized spacial score (nSPS) is 17.0. The number of aromatic carboxylic acids is 1. The van der Waals surface area contributed by atoms with Crippen molar-refractivity contribution < 1.29 is 9.90 Å². The molecule has 0 radical (unpaired) electrons. The van der Waals surface area contributed by atoms with E-state index in [-0.39, 0.29) is 6.04 Å². The van der Waals surface area contributed by atoms with Gasteiger partial charge >= 0.3 is 5.97 Å². The van der Waals surface area contributed by atoms with Crippen molar-refractivity contribution in [1.82, 2.24) is 4.57 Å². The number of carboxylic acids is 1. The van der Waals surface area contributed by atoms with Gasteiger partial charge in [0.15, 0.2) is 0 Å². The SMILES string of the molecule is NC1CCCc2c1c1ccccc1n2Cc1ccccc1C(=O)O. The first-order chi connectivity index (χ1) is 11.7. The Balaban J connectivity index is 1.91. The second kappa shape index (κ2) is 5.80. The van der Waals surface area contributed by atoms with Gasteiger partial charge in [-0.2, -0.15) is 0 Å². The molecule has 1 aliphatic carbocycles. The van der Waals surface area contributed by atoms with Gasteiger partial charge in [-0.15, -0.1) is 0 Å². The van der Waals surface area contributed by atoms with Gasteiger partial charge in [0.1, 0.15) is 0 Å². The third-order valence-corrected chi connectivity index (χ3v) is 5.00. The number of carbonyl (C=O) groups is 1. The third-order valence-electron chi connectivity index (χ3n) is 5.00. The highest BCUT2D eigenvalue weighted by molar-refractivity contribution is 5.90. The lowest BCUT2D eigenvalue weighted by Crippen LogP contribution is -2.19. The Morgan fingerprint density at radius 2 is 1.92 bits per heavy atom. The van der Waals surface area contributed by atoms with Crippen molar-refractivity contribution in [3.63, 3.8) is 0 Å². The molecule has 3 aromatic rings. The molecular weight excluding hydrogens is 300 g/mol. The number of para-hydroxylation sites is 1. The molecule has 0 saturated heterocycles. The number of fused-ring (bicyclic) bond motifs is 3. The Hall–Kier alpha value is -2.59. The molecular formula is C20H20N2O2. The Bertz CT molecular complexity index is 927. The van der Waals surface area contributed by atoms with Crippen LogP contribution in [-0.2, 0) is 13.0 Å². The molecule has 1 aliphatic rings. The zero-order valence-corrected chi connectivity index (χ0v) is 13.4. The topological polar surface area (TPSA) is 68.2 Å². The average Bonchev–Trinajstić information content (AvgIpc) is 2.91. The fraction of sp³-hybridized carbons (Fsp3) is 0.250. The van der Waals surface area contributed by atoms with Crippen LogP contribution in [-0.4, -0.2) is 15.6 Å². The summed E-state index contributed by atoms with van der Waals surface area (Å²) < 4.78 is 2.26. The molecule has 4 heteroatoms. The lowest BCUT2D eigenvalue weighted by molar-refractivity contribution is 0.0695. The monoisotopic (exact) mass is 320 g/mol. The molecule has 1 unspecified atom stereocenters. The molecule has 1 heterocycles. The minimum atomic E-state index is -0.882. The van der Waals surface area contributed by atoms with E-state index in [1.165, 1.54) is 16.6 Å². The van der Waals surface area contributed by atoms with Gasteiger partial charge in [-0.3, -0.25) is 0 Å². The molecule has 4 rings (SSSR count). The number of benzene rings is 2. The zero-order valence-electron chi connectivity index (χ0n) is 13.4. The van der Waals surface area contributed by atoms with Crippen molar-refractivity contribution >= 4 is 16.9 Å². The first kappa shape index (κ1) is 15.0. The highest BCUT2D eigenvalue weighted by Crippen LogP contribution is 2.37. The Kier molecular flexibility index (Phi) is 3.62. The summed E-state index contributed by atoms with van der Waals surface area (Å²) >= 11 is 0. The highest BCUT2D eigenvalue weighted by atomic mass is 16.4. The summed E-state index contributed by atoms with van der Waals surface area (Å²) in [7, 11) is 0. The molecule has 0 bridgehead atoms. The Labute approximate surface area is 140 Å². The number of nitrogens with two attached hydrogens (primary N) is 1. The van der Waals surface area contributed by atoms with Crippen LogP contribution in [0.3, 0.4) is 0 Å². The minimum absolute atomic E-state index is 0.0645. The van der Waals surface area contributed by atoms with Gasteiger partial charge in [0, 0.05) is 29.2 Å². The minimum Gasteiger partial charge on any atom is -0.478 e. The standard InChI is InChI=1S/C20H20N2O2/c21-16-9-5-11-18-19(16)15-8-3-4-10-17(15)22(18)12-13-6-1-2-7-14(13)20(23)24/h1-4,6-8,10,16H,5,9,11-12,21H2,(H,23,24). The Morgan fingerprint density at radius 1 is 1.17 bits per heavy atom. The van der Waals surface area contributed by atoms with E-state index in [9.17, 15) is 9.90 Å². The van der Waals surface area contributed by atoms with E-state index >= 15 is 0 Å². The molecule has 122 valence electrons. The predicted molar refractivity (Wildman–Crippen MR) is 94.3 cm³/mol. The number of carboxylic acid groups (broad SMARTS) is 1. The van der Waals surface area contributed by atoms with E-state index in [4.69, 9.17) is 5.73 Å². The summed E-state index contributed by atoms with van der Waals surface area (Å²) in [6, 6.07) is 15.6. The maximum absolute atomic E-state index is 11.5. The predicted octanol–water partition coefficient (Wildman–Crippen LogP) is 3.72. The molecule has 1 aromatic heterocycles. The second-order valence-electron chi connectivity index (χ2n) is 6.42. The van der Waals surface area contributed by atoms with Gasteiger partial charge in [0.2, 0.25) is 0 Å². The number of hydrogen-bond acceptors (Lipinski definition) is 2. The van der Waals surface area contributed by atoms with Crippen molar-refractivity contribution in [3.05, 3.63) is 70.9 Å².